The van der Waals surface area contributed by atoms with E-state index in [1.54, 1.807) is 0 Å². The molecule has 0 saturated carbocycles. The lowest BCUT2D eigenvalue weighted by atomic mass is 9.95. The summed E-state index contributed by atoms with van der Waals surface area (Å²) in [4.78, 5) is 54.0. The number of H-pyrrole nitrogens is 1. The van der Waals surface area contributed by atoms with Gasteiger partial charge in [-0.3, -0.25) is 23.9 Å². The number of hydrogen-bond acceptors (Lipinski definition) is 15. The molecule has 3 fully saturated rings. The topological polar surface area (TPSA) is 286 Å². The first-order chi connectivity index (χ1) is 29.0. The number of piperidine rings is 1. The molecule has 61 heavy (non-hydrogen) atoms. The van der Waals surface area contributed by atoms with Crippen molar-refractivity contribution in [2.45, 2.75) is 99.2 Å². The number of alkyl halides is 3. The molecule has 0 spiro atoms. The van der Waals surface area contributed by atoms with Crippen LogP contribution in [0.1, 0.15) is 36.8 Å². The highest BCUT2D eigenvalue weighted by molar-refractivity contribution is 5.80. The van der Waals surface area contributed by atoms with Crippen molar-refractivity contribution in [1.29, 1.82) is 0 Å². The number of carbonyl (C=O) groups is 2. The molecule has 19 nitrogen and oxygen atoms in total. The molecular formula is C39H50F3N7O12. The van der Waals surface area contributed by atoms with E-state index in [2.05, 4.69) is 15.5 Å². The Morgan fingerprint density at radius 2 is 1.70 bits per heavy atom. The first kappa shape index (κ1) is 45.6. The van der Waals surface area contributed by atoms with Gasteiger partial charge in [-0.05, 0) is 54.9 Å². The van der Waals surface area contributed by atoms with Crippen LogP contribution in [-0.2, 0) is 42.2 Å². The van der Waals surface area contributed by atoms with Crippen LogP contribution in [0.3, 0.4) is 0 Å². The zero-order valence-corrected chi connectivity index (χ0v) is 32.8. The SMILES string of the molecule is NC[C@H]1O[C@@H](O[C@H]([C@H]2OC[C@](O)(n3ccc(=O)[nH]c3=O)[C@@H]2O)[C@H](NCCCC(=O)NCc2ccc(N3CCC(Oc4ccc(C(F)(F)F)cc4)CC3)cc2)C(N)=O)[C@H](O)[C@@H]1O. The molecule has 9 atom stereocenters. The zero-order chi connectivity index (χ0) is 44.1. The van der Waals surface area contributed by atoms with Gasteiger partial charge < -0.3 is 66.4 Å². The van der Waals surface area contributed by atoms with Crippen LogP contribution < -0.4 is 43.0 Å². The molecule has 2 aromatic carbocycles. The van der Waals surface area contributed by atoms with Gasteiger partial charge in [0.15, 0.2) is 12.0 Å². The highest BCUT2D eigenvalue weighted by Gasteiger charge is 2.56. The van der Waals surface area contributed by atoms with Gasteiger partial charge in [-0.1, -0.05) is 12.1 Å². The number of aromatic nitrogens is 2. The van der Waals surface area contributed by atoms with E-state index < -0.39 is 90.2 Å². The third-order valence-corrected chi connectivity index (χ3v) is 11.0. The van der Waals surface area contributed by atoms with E-state index in [9.17, 15) is 52.8 Å². The molecule has 3 aliphatic rings. The Kier molecular flexibility index (Phi) is 14.5. The lowest BCUT2D eigenvalue weighted by molar-refractivity contribution is -0.223. The highest BCUT2D eigenvalue weighted by Crippen LogP contribution is 2.35. The van der Waals surface area contributed by atoms with Crippen molar-refractivity contribution < 1.29 is 62.1 Å². The molecule has 0 bridgehead atoms. The number of nitrogens with zero attached hydrogens (tertiary/aromatic N) is 2. The number of aromatic amines is 1. The third-order valence-electron chi connectivity index (χ3n) is 11.0. The quantitative estimate of drug-likeness (QED) is 0.0687. The van der Waals surface area contributed by atoms with Crippen LogP contribution in [0.15, 0.2) is 70.4 Å². The molecule has 3 aromatic rings. The summed E-state index contributed by atoms with van der Waals surface area (Å²) in [6, 6.07) is 11.7. The average molecular weight is 866 g/mol. The van der Waals surface area contributed by atoms with Crippen molar-refractivity contribution in [3.63, 3.8) is 0 Å². The number of ether oxygens (including phenoxy) is 4. The Bertz CT molecular complexity index is 2070. The van der Waals surface area contributed by atoms with Gasteiger partial charge in [0.25, 0.3) is 5.56 Å². The minimum absolute atomic E-state index is 0.00373. The van der Waals surface area contributed by atoms with E-state index in [1.165, 1.54) is 12.1 Å². The van der Waals surface area contributed by atoms with Crippen molar-refractivity contribution in [1.82, 2.24) is 20.2 Å². The van der Waals surface area contributed by atoms with Gasteiger partial charge in [-0.2, -0.15) is 13.2 Å². The minimum atomic E-state index is -4.41. The summed E-state index contributed by atoms with van der Waals surface area (Å²) in [5.41, 5.74) is 8.17. The predicted molar refractivity (Wildman–Crippen MR) is 208 cm³/mol. The van der Waals surface area contributed by atoms with E-state index in [0.29, 0.717) is 36.2 Å². The number of rotatable bonds is 17. The molecule has 0 radical (unpaired) electrons. The first-order valence-electron chi connectivity index (χ1n) is 19.7. The number of primary amides is 1. The van der Waals surface area contributed by atoms with Crippen molar-refractivity contribution in [3.8, 4) is 5.75 Å². The number of amides is 2. The maximum absolute atomic E-state index is 12.9. The van der Waals surface area contributed by atoms with Crippen LogP contribution in [0, 0.1) is 0 Å². The van der Waals surface area contributed by atoms with E-state index in [0.717, 1.165) is 35.6 Å². The molecule has 3 saturated heterocycles. The fourth-order valence-corrected chi connectivity index (χ4v) is 7.54. The summed E-state index contributed by atoms with van der Waals surface area (Å²) in [5, 5.41) is 49.5. The molecular weight excluding hydrogens is 815 g/mol. The molecule has 2 amide bonds. The molecule has 0 unspecified atom stereocenters. The van der Waals surface area contributed by atoms with Crippen LogP contribution in [0.2, 0.25) is 0 Å². The van der Waals surface area contributed by atoms with Crippen LogP contribution in [0.4, 0.5) is 18.9 Å². The fraction of sp³-hybridized carbons (Fsp3) is 0.538. The van der Waals surface area contributed by atoms with Gasteiger partial charge in [0.1, 0.15) is 54.5 Å². The maximum atomic E-state index is 12.9. The third kappa shape index (κ3) is 10.8. The van der Waals surface area contributed by atoms with Gasteiger partial charge in [-0.15, -0.1) is 0 Å². The Morgan fingerprint density at radius 1 is 1.02 bits per heavy atom. The van der Waals surface area contributed by atoms with Gasteiger partial charge in [0, 0.05) is 63.4 Å². The molecule has 0 aliphatic carbocycles. The van der Waals surface area contributed by atoms with Gasteiger partial charge in [-0.25, -0.2) is 4.79 Å². The van der Waals surface area contributed by atoms with Gasteiger partial charge >= 0.3 is 11.9 Å². The normalized spacial score (nSPS) is 26.9. The predicted octanol–water partition coefficient (Wildman–Crippen LogP) is -1.66. The van der Waals surface area contributed by atoms with Crippen molar-refractivity contribution >= 4 is 17.5 Å². The smallest absolute Gasteiger partial charge is 0.416 e. The molecule has 6 rings (SSSR count). The number of aliphatic hydroxyl groups is 4. The Labute approximate surface area is 346 Å². The summed E-state index contributed by atoms with van der Waals surface area (Å²) in [5.74, 6) is -0.941. The van der Waals surface area contributed by atoms with E-state index >= 15 is 0 Å². The number of benzene rings is 2. The Balaban J connectivity index is 0.993. The second-order valence-corrected chi connectivity index (χ2v) is 15.1. The molecule has 1 aromatic heterocycles. The lowest BCUT2D eigenvalue weighted by Gasteiger charge is -2.35. The lowest BCUT2D eigenvalue weighted by Crippen LogP contribution is -2.61. The average Bonchev–Trinajstić information content (AvgIpc) is 3.68. The molecule has 334 valence electrons. The number of nitrogens with two attached hydrogens (primary N) is 2. The number of halogens is 3. The van der Waals surface area contributed by atoms with Gasteiger partial charge in [0.05, 0.1) is 12.2 Å². The fourth-order valence-electron chi connectivity index (χ4n) is 7.54. The van der Waals surface area contributed by atoms with Crippen LogP contribution in [-0.4, -0.2) is 130 Å². The van der Waals surface area contributed by atoms with Crippen molar-refractivity contribution in [3.05, 3.63) is 92.8 Å². The largest absolute Gasteiger partial charge is 0.490 e. The molecule has 3 aliphatic heterocycles. The van der Waals surface area contributed by atoms with Crippen LogP contribution in [0.25, 0.3) is 0 Å². The highest BCUT2D eigenvalue weighted by atomic mass is 19.4. The molecule has 4 heterocycles. The van der Waals surface area contributed by atoms with Crippen LogP contribution >= 0.6 is 0 Å². The maximum Gasteiger partial charge on any atom is 0.416 e. The number of aliphatic hydroxyl groups excluding tert-OH is 3. The van der Waals surface area contributed by atoms with Crippen molar-refractivity contribution in [2.24, 2.45) is 11.5 Å². The summed E-state index contributed by atoms with van der Waals surface area (Å²) >= 11 is 0. The monoisotopic (exact) mass is 865 g/mol. The van der Waals surface area contributed by atoms with E-state index in [1.807, 2.05) is 29.2 Å². The summed E-state index contributed by atoms with van der Waals surface area (Å²) < 4.78 is 62.3. The first-order valence-corrected chi connectivity index (χ1v) is 19.7. The second kappa shape index (κ2) is 19.4. The Hall–Kier alpha value is -4.91. The minimum Gasteiger partial charge on any atom is -0.490 e. The summed E-state index contributed by atoms with van der Waals surface area (Å²) in [6.45, 7) is 0.667. The van der Waals surface area contributed by atoms with E-state index in [-0.39, 0.29) is 44.5 Å². The summed E-state index contributed by atoms with van der Waals surface area (Å²) in [6.07, 6.45) is -13.1. The summed E-state index contributed by atoms with van der Waals surface area (Å²) in [7, 11) is 0. The Morgan fingerprint density at radius 3 is 2.31 bits per heavy atom. The van der Waals surface area contributed by atoms with Crippen LogP contribution in [0.5, 0.6) is 5.75 Å². The number of nitrogens with one attached hydrogen (secondary N) is 3. The van der Waals surface area contributed by atoms with E-state index in [4.69, 9.17) is 30.4 Å². The zero-order valence-electron chi connectivity index (χ0n) is 32.8. The number of anilines is 1. The van der Waals surface area contributed by atoms with Gasteiger partial charge in [0.2, 0.25) is 11.8 Å². The number of hydrogen-bond donors (Lipinski definition) is 9. The number of carbonyl (C=O) groups excluding carboxylic acids is 2. The molecule has 11 N–H and O–H groups in total. The standard InChI is InChI=1S/C39H50F3N7O12/c40-39(41,42)22-5-9-24(10-6-22)59-25-11-15-48(16-12-25)23-7-3-21(4-8-23)19-46-27(50)2-1-14-45-29(35(44)55)32(61-36-31(53)30(52)26(18-43)60-36)33-34(54)38(57,20-58-33)49-17-13-28(51)47-37(49)56/h3-10,13,17,25-26,29-34,36,45,52-54,57H,1-2,11-12,14-16,18-20,43H2,(H2,44,55)(H,46,50)(H,47,51,56)/t26-,29+,30-,31-,32+,33-,34-,36+,38-/m1/s1. The van der Waals surface area contributed by atoms with Crippen molar-refractivity contribution in [2.75, 3.05) is 37.7 Å². The second-order valence-electron chi connectivity index (χ2n) is 15.1. The molecule has 22 heteroatoms.